The van der Waals surface area contributed by atoms with Crippen LogP contribution in [0.1, 0.15) is 0 Å². The standard InChI is InChI=1S/C7H6ClO.BrH.Zn/c1-9-7-4-2-3-6(8)5-7;;/h2,4-5H,1H3;1H;/q-1;;+2/p-1. The second kappa shape index (κ2) is 7.08. The summed E-state index contributed by atoms with van der Waals surface area (Å²) in [6, 6.07) is 8.02. The Bertz CT molecular complexity index is 207. The fourth-order valence-corrected chi connectivity index (χ4v) is 0.716. The van der Waals surface area contributed by atoms with E-state index in [4.69, 9.17) is 16.3 Å². The summed E-state index contributed by atoms with van der Waals surface area (Å²) in [4.78, 5) is 0. The predicted molar refractivity (Wildman–Crippen MR) is 45.8 cm³/mol. The average Bonchev–Trinajstić information content (AvgIpc) is 2.08. The van der Waals surface area contributed by atoms with Crippen molar-refractivity contribution in [1.29, 1.82) is 0 Å². The van der Waals surface area contributed by atoms with Crippen LogP contribution in [0.3, 0.4) is 0 Å². The van der Waals surface area contributed by atoms with E-state index < -0.39 is 0 Å². The minimum atomic E-state index is 0.578. The molecule has 0 radical (unpaired) electrons. The van der Waals surface area contributed by atoms with Crippen LogP contribution in [-0.2, 0) is 16.3 Å². The van der Waals surface area contributed by atoms with Gasteiger partial charge in [0, 0.05) is 5.75 Å². The molecular weight excluding hydrogens is 281 g/mol. The van der Waals surface area contributed by atoms with Crippen molar-refractivity contribution in [3.8, 4) is 5.75 Å². The first-order valence-electron chi connectivity index (χ1n) is 2.81. The maximum absolute atomic E-state index is 5.59. The Hall–Kier alpha value is 0.413. The van der Waals surface area contributed by atoms with Crippen LogP contribution < -0.4 is 4.74 Å². The van der Waals surface area contributed by atoms with Gasteiger partial charge < -0.3 is 4.74 Å². The number of benzene rings is 1. The molecule has 1 aromatic carbocycles. The van der Waals surface area contributed by atoms with Gasteiger partial charge in [-0.3, -0.25) is 0 Å². The van der Waals surface area contributed by atoms with Crippen LogP contribution in [0, 0.1) is 6.07 Å². The third kappa shape index (κ3) is 4.78. The zero-order valence-electron chi connectivity index (χ0n) is 6.10. The van der Waals surface area contributed by atoms with E-state index in [-0.39, 0.29) is 0 Å². The number of methoxy groups -OCH3 is 1. The van der Waals surface area contributed by atoms with E-state index in [0.29, 0.717) is 5.02 Å². The van der Waals surface area contributed by atoms with Crippen LogP contribution in [0.15, 0.2) is 18.2 Å². The Morgan fingerprint density at radius 1 is 1.64 bits per heavy atom. The summed E-state index contributed by atoms with van der Waals surface area (Å²) in [5.41, 5.74) is 0. The van der Waals surface area contributed by atoms with E-state index in [1.54, 1.807) is 25.3 Å². The molecule has 0 aliphatic heterocycles. The molecule has 0 spiro atoms. The number of hydrogen-bond donors (Lipinski definition) is 0. The van der Waals surface area contributed by atoms with E-state index >= 15 is 0 Å². The third-order valence-corrected chi connectivity index (χ3v) is 1.19. The molecular formula is C7H6BrClOZn. The second-order valence-electron chi connectivity index (χ2n) is 1.58. The van der Waals surface area contributed by atoms with Crippen LogP contribution in [0.5, 0.6) is 5.75 Å². The molecule has 0 aromatic heterocycles. The van der Waals surface area contributed by atoms with Crippen LogP contribution in [0.4, 0.5) is 0 Å². The summed E-state index contributed by atoms with van der Waals surface area (Å²) in [6.45, 7) is 0. The van der Waals surface area contributed by atoms with Crippen molar-refractivity contribution in [2.45, 2.75) is 0 Å². The van der Waals surface area contributed by atoms with Gasteiger partial charge in [-0.1, -0.05) is 5.02 Å². The van der Waals surface area contributed by atoms with E-state index in [1.165, 1.54) is 16.3 Å². The molecule has 56 valence electrons. The third-order valence-electron chi connectivity index (χ3n) is 0.974. The van der Waals surface area contributed by atoms with Crippen molar-refractivity contribution in [2.24, 2.45) is 0 Å². The zero-order chi connectivity index (χ0) is 8.69. The fourth-order valence-electron chi connectivity index (χ4n) is 0.545. The minimum absolute atomic E-state index is 0.578. The van der Waals surface area contributed by atoms with Gasteiger partial charge in [-0.15, -0.1) is 23.7 Å². The molecule has 0 aliphatic carbocycles. The number of ether oxygens (including phenoxy) is 1. The van der Waals surface area contributed by atoms with Crippen molar-refractivity contribution in [3.05, 3.63) is 29.3 Å². The molecule has 0 saturated heterocycles. The van der Waals surface area contributed by atoms with Gasteiger partial charge in [0.2, 0.25) is 0 Å². The molecule has 1 nitrogen and oxygen atoms in total. The van der Waals surface area contributed by atoms with Crippen molar-refractivity contribution in [3.63, 3.8) is 0 Å². The van der Waals surface area contributed by atoms with Crippen LogP contribution in [-0.4, -0.2) is 7.11 Å². The van der Waals surface area contributed by atoms with Crippen molar-refractivity contribution >= 4 is 25.2 Å². The predicted octanol–water partition coefficient (Wildman–Crippen LogP) is 2.99. The monoisotopic (exact) mass is 284 g/mol. The van der Waals surface area contributed by atoms with Gasteiger partial charge in [0.25, 0.3) is 0 Å². The van der Waals surface area contributed by atoms with E-state index in [2.05, 4.69) is 19.7 Å². The summed E-state index contributed by atoms with van der Waals surface area (Å²) in [5, 5.41) is 0.578. The second-order valence-corrected chi connectivity index (χ2v) is 1.98. The summed E-state index contributed by atoms with van der Waals surface area (Å²) in [5.74, 6) is 0.763. The molecule has 0 N–H and O–H groups in total. The molecule has 0 bridgehead atoms. The number of halogens is 2. The van der Waals surface area contributed by atoms with E-state index in [1.807, 2.05) is 0 Å². The molecule has 11 heavy (non-hydrogen) atoms. The number of rotatable bonds is 1. The molecule has 0 fully saturated rings. The van der Waals surface area contributed by atoms with Gasteiger partial charge in [0.1, 0.15) is 0 Å². The first-order valence-corrected chi connectivity index (χ1v) is 10.1. The van der Waals surface area contributed by atoms with Gasteiger partial charge >= 0.3 is 30.0 Å². The van der Waals surface area contributed by atoms with Crippen molar-refractivity contribution in [2.75, 3.05) is 7.11 Å². The zero-order valence-corrected chi connectivity index (χ0v) is 11.4. The Morgan fingerprint density at radius 3 is 2.64 bits per heavy atom. The SMILES string of the molecule is COc1cc[c-]c(Cl)c1.[Zn+][Br]. The van der Waals surface area contributed by atoms with Gasteiger partial charge in [-0.25, -0.2) is 0 Å². The van der Waals surface area contributed by atoms with Gasteiger partial charge in [-0.2, -0.15) is 12.1 Å². The summed E-state index contributed by atoms with van der Waals surface area (Å²) in [7, 11) is 1.60. The molecule has 0 amide bonds. The van der Waals surface area contributed by atoms with Gasteiger partial charge in [-0.05, 0) is 0 Å². The summed E-state index contributed by atoms with van der Waals surface area (Å²) >= 11 is 9.84. The van der Waals surface area contributed by atoms with E-state index in [0.717, 1.165) is 5.75 Å². The van der Waals surface area contributed by atoms with Crippen molar-refractivity contribution in [1.82, 2.24) is 0 Å². The Morgan fingerprint density at radius 2 is 2.27 bits per heavy atom. The molecule has 0 saturated carbocycles. The van der Waals surface area contributed by atoms with Gasteiger partial charge in [0.15, 0.2) is 0 Å². The molecule has 0 atom stereocenters. The Kier molecular flexibility index (Phi) is 7.35. The molecule has 1 rings (SSSR count). The first-order chi connectivity index (χ1) is 5.33. The topological polar surface area (TPSA) is 9.23 Å². The molecule has 0 unspecified atom stereocenters. The van der Waals surface area contributed by atoms with Crippen molar-refractivity contribution < 1.29 is 21.1 Å². The molecule has 1 aromatic rings. The van der Waals surface area contributed by atoms with Crippen LogP contribution in [0.25, 0.3) is 0 Å². The molecule has 0 aliphatic rings. The van der Waals surface area contributed by atoms with Gasteiger partial charge in [0.05, 0.1) is 7.11 Å². The average molecular weight is 287 g/mol. The van der Waals surface area contributed by atoms with E-state index in [9.17, 15) is 0 Å². The summed E-state index contributed by atoms with van der Waals surface area (Å²) in [6.07, 6.45) is 0. The Labute approximate surface area is 88.1 Å². The number of hydrogen-bond acceptors (Lipinski definition) is 1. The quantitative estimate of drug-likeness (QED) is 0.570. The van der Waals surface area contributed by atoms with Crippen LogP contribution >= 0.6 is 25.2 Å². The molecule has 0 heterocycles. The first kappa shape index (κ1) is 11.4. The normalized spacial score (nSPS) is 8.09. The fraction of sp³-hybridized carbons (Fsp3) is 0.143. The Balaban J connectivity index is 0.000000461. The summed E-state index contributed by atoms with van der Waals surface area (Å²) < 4.78 is 4.89. The maximum atomic E-state index is 5.59. The van der Waals surface area contributed by atoms with Crippen LogP contribution in [0.2, 0.25) is 5.02 Å². The molecule has 4 heteroatoms.